The van der Waals surface area contributed by atoms with E-state index in [4.69, 9.17) is 5.14 Å². The Morgan fingerprint density at radius 3 is 2.52 bits per heavy atom. The molecule has 0 aliphatic carbocycles. The fourth-order valence-electron chi connectivity index (χ4n) is 2.94. The minimum atomic E-state index is -3.75. The van der Waals surface area contributed by atoms with Gasteiger partial charge in [0.1, 0.15) is 4.21 Å². The molecule has 134 valence electrons. The predicted octanol–water partition coefficient (Wildman–Crippen LogP) is 1.66. The molecule has 1 aromatic carbocycles. The maximum atomic E-state index is 12.5. The van der Waals surface area contributed by atoms with Crippen LogP contribution in [0.2, 0.25) is 0 Å². The van der Waals surface area contributed by atoms with Crippen LogP contribution in [-0.2, 0) is 16.6 Å². The SMILES string of the molecule is Cc1cccc(CN2CCN(C(=O)c3csc(S(N)(=O)=O)c3)CC2)c1. The third-order valence-electron chi connectivity index (χ3n) is 4.25. The number of hydrogen-bond donors (Lipinski definition) is 1. The Morgan fingerprint density at radius 1 is 1.20 bits per heavy atom. The molecule has 0 atom stereocenters. The van der Waals surface area contributed by atoms with Crippen molar-refractivity contribution in [2.75, 3.05) is 26.2 Å². The Bertz CT molecular complexity index is 869. The van der Waals surface area contributed by atoms with Crippen LogP contribution in [0.15, 0.2) is 39.9 Å². The molecule has 0 spiro atoms. The van der Waals surface area contributed by atoms with Crippen molar-refractivity contribution in [1.29, 1.82) is 0 Å². The van der Waals surface area contributed by atoms with Crippen molar-refractivity contribution in [2.45, 2.75) is 17.7 Å². The largest absolute Gasteiger partial charge is 0.336 e. The van der Waals surface area contributed by atoms with Crippen molar-refractivity contribution < 1.29 is 13.2 Å². The second kappa shape index (κ2) is 7.25. The normalized spacial score (nSPS) is 16.2. The quantitative estimate of drug-likeness (QED) is 0.876. The molecule has 2 heterocycles. The molecule has 0 bridgehead atoms. The Balaban J connectivity index is 1.58. The van der Waals surface area contributed by atoms with Gasteiger partial charge < -0.3 is 4.90 Å². The zero-order valence-electron chi connectivity index (χ0n) is 14.0. The van der Waals surface area contributed by atoms with Gasteiger partial charge in [-0.1, -0.05) is 29.8 Å². The first-order valence-corrected chi connectivity index (χ1v) is 10.4. The number of nitrogens with zero attached hydrogens (tertiary/aromatic N) is 2. The second-order valence-electron chi connectivity index (χ2n) is 6.26. The molecule has 0 saturated carbocycles. The maximum Gasteiger partial charge on any atom is 0.254 e. The molecular formula is C17H21N3O3S2. The molecule has 1 aliphatic heterocycles. The summed E-state index contributed by atoms with van der Waals surface area (Å²) < 4.78 is 22.7. The number of hydrogen-bond acceptors (Lipinski definition) is 5. The summed E-state index contributed by atoms with van der Waals surface area (Å²) >= 11 is 0.982. The Kier molecular flexibility index (Phi) is 5.24. The standard InChI is InChI=1S/C17H21N3O3S2/c1-13-3-2-4-14(9-13)11-19-5-7-20(8-6-19)17(21)15-10-16(24-12-15)25(18,22)23/h2-4,9-10,12H,5-8,11H2,1H3,(H2,18,22,23). The lowest BCUT2D eigenvalue weighted by molar-refractivity contribution is 0.0629. The molecule has 3 rings (SSSR count). The number of rotatable bonds is 4. The summed E-state index contributed by atoms with van der Waals surface area (Å²) in [5.41, 5.74) is 2.91. The van der Waals surface area contributed by atoms with E-state index in [0.29, 0.717) is 18.7 Å². The maximum absolute atomic E-state index is 12.5. The zero-order valence-corrected chi connectivity index (χ0v) is 15.6. The Morgan fingerprint density at radius 2 is 1.92 bits per heavy atom. The van der Waals surface area contributed by atoms with Crippen molar-refractivity contribution in [1.82, 2.24) is 9.80 Å². The molecule has 1 aromatic heterocycles. The molecule has 8 heteroatoms. The summed E-state index contributed by atoms with van der Waals surface area (Å²) in [6.45, 7) is 5.81. The van der Waals surface area contributed by atoms with Crippen molar-refractivity contribution >= 4 is 27.3 Å². The monoisotopic (exact) mass is 379 g/mol. The summed E-state index contributed by atoms with van der Waals surface area (Å²) in [4.78, 5) is 16.6. The lowest BCUT2D eigenvalue weighted by atomic mass is 10.1. The van der Waals surface area contributed by atoms with E-state index in [1.807, 2.05) is 0 Å². The number of primary sulfonamides is 1. The first-order chi connectivity index (χ1) is 11.8. The van der Waals surface area contributed by atoms with Crippen LogP contribution in [0.5, 0.6) is 0 Å². The molecule has 2 N–H and O–H groups in total. The zero-order chi connectivity index (χ0) is 18.0. The smallest absolute Gasteiger partial charge is 0.254 e. The van der Waals surface area contributed by atoms with E-state index in [1.165, 1.54) is 17.2 Å². The van der Waals surface area contributed by atoms with Gasteiger partial charge in [0.25, 0.3) is 5.91 Å². The first-order valence-electron chi connectivity index (χ1n) is 8.01. The molecule has 1 aliphatic rings. The first kappa shape index (κ1) is 18.1. The Labute approximate surface area is 151 Å². The molecule has 0 radical (unpaired) electrons. The number of nitrogens with two attached hydrogens (primary N) is 1. The van der Waals surface area contributed by atoms with Crippen LogP contribution >= 0.6 is 11.3 Å². The van der Waals surface area contributed by atoms with Crippen molar-refractivity contribution in [3.05, 3.63) is 52.4 Å². The number of amides is 1. The van der Waals surface area contributed by atoms with E-state index >= 15 is 0 Å². The molecule has 2 aromatic rings. The number of piperazine rings is 1. The average molecular weight is 380 g/mol. The van der Waals surface area contributed by atoms with E-state index in [1.54, 1.807) is 10.3 Å². The van der Waals surface area contributed by atoms with Crippen LogP contribution in [0.4, 0.5) is 0 Å². The van der Waals surface area contributed by atoms with Crippen LogP contribution in [0.3, 0.4) is 0 Å². The van der Waals surface area contributed by atoms with Crippen LogP contribution in [-0.4, -0.2) is 50.3 Å². The highest BCUT2D eigenvalue weighted by atomic mass is 32.2. The molecule has 6 nitrogen and oxygen atoms in total. The lowest BCUT2D eigenvalue weighted by Gasteiger charge is -2.34. The van der Waals surface area contributed by atoms with Crippen LogP contribution < -0.4 is 5.14 Å². The molecule has 1 saturated heterocycles. The van der Waals surface area contributed by atoms with Crippen LogP contribution in [0.25, 0.3) is 0 Å². The van der Waals surface area contributed by atoms with Gasteiger partial charge in [-0.25, -0.2) is 13.6 Å². The van der Waals surface area contributed by atoms with Gasteiger partial charge in [0.2, 0.25) is 10.0 Å². The number of sulfonamides is 1. The number of thiophene rings is 1. The van der Waals surface area contributed by atoms with E-state index in [9.17, 15) is 13.2 Å². The molecule has 1 amide bonds. The van der Waals surface area contributed by atoms with E-state index in [0.717, 1.165) is 31.0 Å². The summed E-state index contributed by atoms with van der Waals surface area (Å²) in [5, 5.41) is 6.66. The van der Waals surface area contributed by atoms with E-state index < -0.39 is 10.0 Å². The van der Waals surface area contributed by atoms with Gasteiger partial charge in [-0.15, -0.1) is 11.3 Å². The van der Waals surface area contributed by atoms with Crippen LogP contribution in [0.1, 0.15) is 21.5 Å². The summed E-state index contributed by atoms with van der Waals surface area (Å²) in [7, 11) is -3.75. The fourth-order valence-corrected chi connectivity index (χ4v) is 4.52. The van der Waals surface area contributed by atoms with Gasteiger partial charge in [-0.05, 0) is 18.6 Å². The second-order valence-corrected chi connectivity index (χ2v) is 8.96. The highest BCUT2D eigenvalue weighted by Crippen LogP contribution is 2.21. The van der Waals surface area contributed by atoms with Gasteiger partial charge >= 0.3 is 0 Å². The third-order valence-corrected chi connectivity index (χ3v) is 6.64. The molecule has 25 heavy (non-hydrogen) atoms. The predicted molar refractivity (Wildman–Crippen MR) is 98.1 cm³/mol. The average Bonchev–Trinajstić information content (AvgIpc) is 3.05. The molecule has 1 fully saturated rings. The van der Waals surface area contributed by atoms with E-state index in [2.05, 4.69) is 36.1 Å². The van der Waals surface area contributed by atoms with Crippen LogP contribution in [0, 0.1) is 6.92 Å². The number of benzene rings is 1. The van der Waals surface area contributed by atoms with Crippen molar-refractivity contribution in [3.8, 4) is 0 Å². The van der Waals surface area contributed by atoms with Crippen molar-refractivity contribution in [2.24, 2.45) is 5.14 Å². The van der Waals surface area contributed by atoms with Gasteiger partial charge in [0.15, 0.2) is 0 Å². The van der Waals surface area contributed by atoms with Crippen molar-refractivity contribution in [3.63, 3.8) is 0 Å². The topological polar surface area (TPSA) is 83.7 Å². The van der Waals surface area contributed by atoms with E-state index in [-0.39, 0.29) is 10.1 Å². The van der Waals surface area contributed by atoms with Gasteiger partial charge in [-0.2, -0.15) is 0 Å². The summed E-state index contributed by atoms with van der Waals surface area (Å²) in [6.07, 6.45) is 0. The third kappa shape index (κ3) is 4.46. The number of aryl methyl sites for hydroxylation is 1. The minimum Gasteiger partial charge on any atom is -0.336 e. The minimum absolute atomic E-state index is 0.0222. The highest BCUT2D eigenvalue weighted by Gasteiger charge is 2.24. The Hall–Kier alpha value is -1.74. The summed E-state index contributed by atoms with van der Waals surface area (Å²) in [6, 6.07) is 9.80. The van der Waals surface area contributed by atoms with Gasteiger partial charge in [-0.3, -0.25) is 9.69 Å². The molecule has 0 unspecified atom stereocenters. The highest BCUT2D eigenvalue weighted by molar-refractivity contribution is 7.91. The lowest BCUT2D eigenvalue weighted by Crippen LogP contribution is -2.48. The van der Waals surface area contributed by atoms with Gasteiger partial charge in [0.05, 0.1) is 5.56 Å². The van der Waals surface area contributed by atoms with Gasteiger partial charge in [0, 0.05) is 38.1 Å². The number of carbonyl (C=O) groups excluding carboxylic acids is 1. The fraction of sp³-hybridized carbons (Fsp3) is 0.353. The molecular weight excluding hydrogens is 358 g/mol. The summed E-state index contributed by atoms with van der Waals surface area (Å²) in [5.74, 6) is -0.138. The number of carbonyl (C=O) groups is 1.